The van der Waals surface area contributed by atoms with Crippen molar-refractivity contribution in [3.05, 3.63) is 14.5 Å². The van der Waals surface area contributed by atoms with Gasteiger partial charge in [0, 0.05) is 29.6 Å². The van der Waals surface area contributed by atoms with Crippen LogP contribution in [0.2, 0.25) is 0 Å². The van der Waals surface area contributed by atoms with Crippen LogP contribution < -0.4 is 10.6 Å². The van der Waals surface area contributed by atoms with Crippen molar-refractivity contribution in [2.24, 2.45) is 5.92 Å². The molecule has 5 nitrogen and oxygen atoms in total. The summed E-state index contributed by atoms with van der Waals surface area (Å²) in [5.74, 6) is 0.271. The van der Waals surface area contributed by atoms with E-state index < -0.39 is 0 Å². The molecule has 0 aromatic carbocycles. The lowest BCUT2D eigenvalue weighted by Crippen LogP contribution is -2.35. The van der Waals surface area contributed by atoms with Gasteiger partial charge in [-0.05, 0) is 32.0 Å². The number of hydrogen-bond donors (Lipinski definition) is 3. The number of rotatable bonds is 6. The molecule has 1 heterocycles. The van der Waals surface area contributed by atoms with Crippen molar-refractivity contribution in [3.8, 4) is 0 Å². The first-order valence-corrected chi connectivity index (χ1v) is 7.51. The third kappa shape index (κ3) is 4.43. The average molecular weight is 299 g/mol. The monoisotopic (exact) mass is 299 g/mol. The van der Waals surface area contributed by atoms with E-state index in [1.54, 1.807) is 0 Å². The predicted octanol–water partition coefficient (Wildman–Crippen LogP) is 1.30. The molecule has 0 unspecified atom stereocenters. The molecule has 1 aliphatic rings. The Kier molecular flexibility index (Phi) is 4.71. The maximum atomic E-state index is 11.7. The van der Waals surface area contributed by atoms with Gasteiger partial charge < -0.3 is 15.6 Å². The molecule has 1 aliphatic carbocycles. The van der Waals surface area contributed by atoms with Crippen molar-refractivity contribution in [3.63, 3.8) is 0 Å². The van der Waals surface area contributed by atoms with E-state index >= 15 is 0 Å². The molecule has 2 amide bonds. The molecule has 1 saturated carbocycles. The van der Waals surface area contributed by atoms with E-state index in [-0.39, 0.29) is 17.7 Å². The third-order valence-corrected chi connectivity index (χ3v) is 4.28. The van der Waals surface area contributed by atoms with E-state index in [4.69, 9.17) is 12.2 Å². The molecule has 0 saturated heterocycles. The number of nitrogens with one attached hydrogen (secondary N) is 3. The van der Waals surface area contributed by atoms with Gasteiger partial charge in [0.25, 0.3) is 0 Å². The second-order valence-corrected chi connectivity index (χ2v) is 6.43. The number of carbonyl (C=O) groups is 2. The number of thiazole rings is 1. The Morgan fingerprint density at radius 1 is 1.37 bits per heavy atom. The van der Waals surface area contributed by atoms with Gasteiger partial charge in [-0.2, -0.15) is 0 Å². The fraction of sp³-hybridized carbons (Fsp3) is 0.583. The van der Waals surface area contributed by atoms with Gasteiger partial charge in [-0.3, -0.25) is 9.59 Å². The van der Waals surface area contributed by atoms with Crippen molar-refractivity contribution < 1.29 is 9.59 Å². The van der Waals surface area contributed by atoms with E-state index in [0.29, 0.717) is 23.5 Å². The quantitative estimate of drug-likeness (QED) is 0.547. The highest BCUT2D eigenvalue weighted by Gasteiger charge is 2.28. The highest BCUT2D eigenvalue weighted by atomic mass is 32.1. The minimum atomic E-state index is -0.0472. The van der Waals surface area contributed by atoms with Crippen molar-refractivity contribution in [2.75, 3.05) is 13.1 Å². The standard InChI is InChI=1S/C12H17N3O2S2/c1-7-9(19-12(18)15-7)6-10(16)13-4-5-14-11(17)8-2-3-8/h8H,2-6H2,1H3,(H,13,16)(H,14,17)(H,15,18). The molecule has 104 valence electrons. The zero-order chi connectivity index (χ0) is 13.8. The number of aromatic amines is 1. The van der Waals surface area contributed by atoms with Crippen LogP contribution in [-0.2, 0) is 16.0 Å². The highest BCUT2D eigenvalue weighted by molar-refractivity contribution is 7.73. The molecule has 1 aromatic rings. The van der Waals surface area contributed by atoms with Crippen molar-refractivity contribution in [2.45, 2.75) is 26.2 Å². The summed E-state index contributed by atoms with van der Waals surface area (Å²) in [6, 6.07) is 0. The zero-order valence-electron chi connectivity index (χ0n) is 10.7. The molecular formula is C12H17N3O2S2. The second kappa shape index (κ2) is 6.29. The largest absolute Gasteiger partial charge is 0.354 e. The van der Waals surface area contributed by atoms with Crippen LogP contribution in [0.3, 0.4) is 0 Å². The Morgan fingerprint density at radius 2 is 2.05 bits per heavy atom. The SMILES string of the molecule is Cc1[nH]c(=S)sc1CC(=O)NCCNC(=O)C1CC1. The van der Waals surface area contributed by atoms with E-state index in [0.717, 1.165) is 23.4 Å². The van der Waals surface area contributed by atoms with Crippen molar-refractivity contribution >= 4 is 35.4 Å². The summed E-state index contributed by atoms with van der Waals surface area (Å²) in [4.78, 5) is 27.0. The minimum Gasteiger partial charge on any atom is -0.354 e. The Balaban J connectivity index is 1.65. The molecular weight excluding hydrogens is 282 g/mol. The number of carbonyl (C=O) groups excluding carboxylic acids is 2. The molecule has 1 fully saturated rings. The first kappa shape index (κ1) is 14.2. The number of hydrogen-bond acceptors (Lipinski definition) is 4. The number of aryl methyl sites for hydroxylation is 1. The topological polar surface area (TPSA) is 74.0 Å². The Labute approximate surface area is 120 Å². The van der Waals surface area contributed by atoms with Crippen LogP contribution in [0.1, 0.15) is 23.4 Å². The van der Waals surface area contributed by atoms with Gasteiger partial charge in [0.1, 0.15) is 0 Å². The number of amides is 2. The van der Waals surface area contributed by atoms with Gasteiger partial charge in [-0.1, -0.05) is 0 Å². The fourth-order valence-electron chi connectivity index (χ4n) is 1.69. The summed E-state index contributed by atoms with van der Waals surface area (Å²) >= 11 is 6.45. The van der Waals surface area contributed by atoms with E-state index in [1.807, 2.05) is 6.92 Å². The predicted molar refractivity (Wildman–Crippen MR) is 76.7 cm³/mol. The van der Waals surface area contributed by atoms with Crippen molar-refractivity contribution in [1.29, 1.82) is 0 Å². The van der Waals surface area contributed by atoms with Gasteiger partial charge in [0.05, 0.1) is 6.42 Å². The fourth-order valence-corrected chi connectivity index (χ4v) is 2.98. The summed E-state index contributed by atoms with van der Waals surface area (Å²) < 4.78 is 0.692. The van der Waals surface area contributed by atoms with E-state index in [9.17, 15) is 9.59 Å². The van der Waals surface area contributed by atoms with Gasteiger partial charge in [0.2, 0.25) is 11.8 Å². The van der Waals surface area contributed by atoms with Gasteiger partial charge in [-0.15, -0.1) is 11.3 Å². The molecule has 0 radical (unpaired) electrons. The summed E-state index contributed by atoms with van der Waals surface area (Å²) in [7, 11) is 0. The summed E-state index contributed by atoms with van der Waals surface area (Å²) in [6.07, 6.45) is 2.33. The Morgan fingerprint density at radius 3 is 2.63 bits per heavy atom. The maximum Gasteiger partial charge on any atom is 0.225 e. The van der Waals surface area contributed by atoms with Crippen LogP contribution in [0.25, 0.3) is 0 Å². The number of aromatic nitrogens is 1. The van der Waals surface area contributed by atoms with Gasteiger partial charge >= 0.3 is 0 Å². The summed E-state index contributed by atoms with van der Waals surface area (Å²) in [5.41, 5.74) is 0.951. The van der Waals surface area contributed by atoms with Crippen LogP contribution >= 0.6 is 23.6 Å². The highest BCUT2D eigenvalue weighted by Crippen LogP contribution is 2.28. The molecule has 3 N–H and O–H groups in total. The summed E-state index contributed by atoms with van der Waals surface area (Å²) in [5, 5.41) is 5.59. The lowest BCUT2D eigenvalue weighted by molar-refractivity contribution is -0.123. The Hall–Kier alpha value is -1.21. The molecule has 1 aromatic heterocycles. The lowest BCUT2D eigenvalue weighted by Gasteiger charge is -2.06. The van der Waals surface area contributed by atoms with Crippen LogP contribution in [-0.4, -0.2) is 29.9 Å². The maximum absolute atomic E-state index is 11.7. The second-order valence-electron chi connectivity index (χ2n) is 4.65. The lowest BCUT2D eigenvalue weighted by atomic mass is 10.3. The van der Waals surface area contributed by atoms with E-state index in [2.05, 4.69) is 15.6 Å². The third-order valence-electron chi connectivity index (χ3n) is 2.94. The van der Waals surface area contributed by atoms with Crippen LogP contribution in [0.5, 0.6) is 0 Å². The van der Waals surface area contributed by atoms with E-state index in [1.165, 1.54) is 11.3 Å². The van der Waals surface area contributed by atoms with Crippen LogP contribution in [0.4, 0.5) is 0 Å². The first-order valence-electron chi connectivity index (χ1n) is 6.29. The molecule has 7 heteroatoms. The molecule has 0 spiro atoms. The van der Waals surface area contributed by atoms with Gasteiger partial charge in [0.15, 0.2) is 3.95 Å². The molecule has 0 atom stereocenters. The smallest absolute Gasteiger partial charge is 0.225 e. The average Bonchev–Trinajstić information content (AvgIpc) is 3.13. The van der Waals surface area contributed by atoms with Crippen molar-refractivity contribution in [1.82, 2.24) is 15.6 Å². The molecule has 0 bridgehead atoms. The summed E-state index contributed by atoms with van der Waals surface area (Å²) in [6.45, 7) is 2.86. The minimum absolute atomic E-state index is 0.0472. The van der Waals surface area contributed by atoms with Gasteiger partial charge in [-0.25, -0.2) is 0 Å². The Bertz CT molecular complexity index is 531. The molecule has 0 aliphatic heterocycles. The van der Waals surface area contributed by atoms with Crippen LogP contribution in [0, 0.1) is 16.8 Å². The van der Waals surface area contributed by atoms with Crippen LogP contribution in [0.15, 0.2) is 0 Å². The number of H-pyrrole nitrogens is 1. The normalized spacial score (nSPS) is 14.2. The molecule has 2 rings (SSSR count). The molecule has 19 heavy (non-hydrogen) atoms. The zero-order valence-corrected chi connectivity index (χ0v) is 12.4. The first-order chi connectivity index (χ1) is 9.06.